The Balaban J connectivity index is 1.46. The third-order valence-corrected chi connectivity index (χ3v) is 9.74. The van der Waals surface area contributed by atoms with Gasteiger partial charge in [0.15, 0.2) is 0 Å². The molecular weight excluding hydrogens is 332 g/mol. The van der Waals surface area contributed by atoms with Crippen LogP contribution in [0.25, 0.3) is 0 Å². The third-order valence-electron chi connectivity index (χ3n) is 9.74. The molecule has 0 radical (unpaired) electrons. The normalized spacial score (nSPS) is 46.6. The van der Waals surface area contributed by atoms with E-state index < -0.39 is 0 Å². The fourth-order valence-corrected chi connectivity index (χ4v) is 8.31. The number of hydrogen-bond acceptors (Lipinski definition) is 2. The number of carbonyl (C=O) groups is 1. The minimum Gasteiger partial charge on any atom is -0.463 e. The summed E-state index contributed by atoms with van der Waals surface area (Å²) >= 11 is 0. The SMILES string of the molecule is CCOC(=O)/C=C/CC1CCC2C3CC[C@@H]4CCCC[C@]4(C)C3CC[C@]12C. The van der Waals surface area contributed by atoms with Gasteiger partial charge in [-0.25, -0.2) is 4.79 Å². The van der Waals surface area contributed by atoms with Crippen molar-refractivity contribution in [3.05, 3.63) is 12.2 Å². The molecule has 0 saturated heterocycles. The highest BCUT2D eigenvalue weighted by Gasteiger charge is 2.59. The molecule has 0 heterocycles. The highest BCUT2D eigenvalue weighted by molar-refractivity contribution is 5.81. The van der Waals surface area contributed by atoms with Crippen molar-refractivity contribution in [3.8, 4) is 0 Å². The number of ether oxygens (including phenoxy) is 1. The molecule has 4 saturated carbocycles. The van der Waals surface area contributed by atoms with Gasteiger partial charge in [-0.05, 0) is 105 Å². The quantitative estimate of drug-likeness (QED) is 0.413. The van der Waals surface area contributed by atoms with Gasteiger partial charge in [0, 0.05) is 6.08 Å². The monoisotopic (exact) mass is 372 g/mol. The van der Waals surface area contributed by atoms with Gasteiger partial charge in [-0.1, -0.05) is 32.8 Å². The van der Waals surface area contributed by atoms with E-state index in [1.54, 1.807) is 6.08 Å². The summed E-state index contributed by atoms with van der Waals surface area (Å²) in [6.07, 6.45) is 19.4. The van der Waals surface area contributed by atoms with Crippen LogP contribution in [0, 0.1) is 40.4 Å². The first-order valence-electron chi connectivity index (χ1n) is 11.8. The van der Waals surface area contributed by atoms with Crippen LogP contribution in [-0.2, 0) is 9.53 Å². The van der Waals surface area contributed by atoms with Gasteiger partial charge >= 0.3 is 5.97 Å². The Hall–Kier alpha value is -0.790. The molecule has 0 bridgehead atoms. The third kappa shape index (κ3) is 3.29. The van der Waals surface area contributed by atoms with Crippen molar-refractivity contribution in [1.82, 2.24) is 0 Å². The molecule has 0 N–H and O–H groups in total. The predicted octanol–water partition coefficient (Wildman–Crippen LogP) is 6.54. The van der Waals surface area contributed by atoms with E-state index in [4.69, 9.17) is 4.74 Å². The first-order valence-corrected chi connectivity index (χ1v) is 11.8. The van der Waals surface area contributed by atoms with Gasteiger partial charge in [-0.15, -0.1) is 0 Å². The molecule has 27 heavy (non-hydrogen) atoms. The zero-order valence-corrected chi connectivity index (χ0v) is 17.8. The lowest BCUT2D eigenvalue weighted by Crippen LogP contribution is -2.52. The average molecular weight is 373 g/mol. The van der Waals surface area contributed by atoms with Crippen molar-refractivity contribution < 1.29 is 9.53 Å². The smallest absolute Gasteiger partial charge is 0.330 e. The van der Waals surface area contributed by atoms with E-state index in [0.29, 0.717) is 17.4 Å². The van der Waals surface area contributed by atoms with Crippen molar-refractivity contribution in [2.45, 2.75) is 91.4 Å². The Morgan fingerprint density at radius 2 is 1.78 bits per heavy atom. The molecule has 4 unspecified atom stereocenters. The topological polar surface area (TPSA) is 26.3 Å². The van der Waals surface area contributed by atoms with Gasteiger partial charge in [0.25, 0.3) is 0 Å². The Bertz CT molecular complexity index is 581. The molecule has 7 atom stereocenters. The van der Waals surface area contributed by atoms with E-state index in [-0.39, 0.29) is 5.97 Å². The Morgan fingerprint density at radius 3 is 2.59 bits per heavy atom. The summed E-state index contributed by atoms with van der Waals surface area (Å²) in [6, 6.07) is 0. The van der Waals surface area contributed by atoms with Crippen LogP contribution in [-0.4, -0.2) is 12.6 Å². The number of esters is 1. The second kappa shape index (κ2) is 7.56. The van der Waals surface area contributed by atoms with E-state index in [1.807, 2.05) is 6.92 Å². The summed E-state index contributed by atoms with van der Waals surface area (Å²) in [6.45, 7) is 7.60. The van der Waals surface area contributed by atoms with Gasteiger partial charge in [0.05, 0.1) is 6.61 Å². The molecule has 4 aliphatic carbocycles. The lowest BCUT2D eigenvalue weighted by Gasteiger charge is -2.60. The van der Waals surface area contributed by atoms with E-state index in [9.17, 15) is 4.79 Å². The second-order valence-electron chi connectivity index (χ2n) is 10.6. The molecule has 4 rings (SSSR count). The van der Waals surface area contributed by atoms with Gasteiger partial charge in [0.1, 0.15) is 0 Å². The Morgan fingerprint density at radius 1 is 0.963 bits per heavy atom. The fraction of sp³-hybridized carbons (Fsp3) is 0.880. The minimum absolute atomic E-state index is 0.176. The molecule has 0 spiro atoms. The molecule has 0 amide bonds. The summed E-state index contributed by atoms with van der Waals surface area (Å²) in [5.74, 6) is 4.49. The summed E-state index contributed by atoms with van der Waals surface area (Å²) in [4.78, 5) is 11.6. The average Bonchev–Trinajstić information content (AvgIpc) is 2.98. The maximum Gasteiger partial charge on any atom is 0.330 e. The lowest BCUT2D eigenvalue weighted by molar-refractivity contribution is -0.137. The van der Waals surface area contributed by atoms with Crippen LogP contribution in [0.3, 0.4) is 0 Å². The molecule has 4 fully saturated rings. The summed E-state index contributed by atoms with van der Waals surface area (Å²) in [7, 11) is 0. The van der Waals surface area contributed by atoms with Crippen LogP contribution in [0.2, 0.25) is 0 Å². The maximum absolute atomic E-state index is 11.6. The molecule has 152 valence electrons. The number of rotatable bonds is 4. The summed E-state index contributed by atoms with van der Waals surface area (Å²) in [5, 5.41) is 0. The van der Waals surface area contributed by atoms with Crippen LogP contribution in [0.15, 0.2) is 12.2 Å². The lowest BCUT2D eigenvalue weighted by atomic mass is 9.45. The van der Waals surface area contributed by atoms with E-state index in [0.717, 1.165) is 36.0 Å². The molecule has 0 aromatic rings. The van der Waals surface area contributed by atoms with Gasteiger partial charge in [-0.3, -0.25) is 0 Å². The zero-order valence-electron chi connectivity index (χ0n) is 17.8. The van der Waals surface area contributed by atoms with Crippen LogP contribution in [0.1, 0.15) is 91.4 Å². The maximum atomic E-state index is 11.6. The van der Waals surface area contributed by atoms with E-state index in [2.05, 4.69) is 19.9 Å². The Kier molecular flexibility index (Phi) is 5.47. The number of allylic oxidation sites excluding steroid dienone is 1. The van der Waals surface area contributed by atoms with Crippen molar-refractivity contribution in [2.24, 2.45) is 40.4 Å². The summed E-state index contributed by atoms with van der Waals surface area (Å²) in [5.41, 5.74) is 1.14. The van der Waals surface area contributed by atoms with Crippen molar-refractivity contribution >= 4 is 5.97 Å². The van der Waals surface area contributed by atoms with Crippen molar-refractivity contribution in [3.63, 3.8) is 0 Å². The summed E-state index contributed by atoms with van der Waals surface area (Å²) < 4.78 is 5.04. The molecule has 0 aromatic carbocycles. The van der Waals surface area contributed by atoms with Crippen molar-refractivity contribution in [2.75, 3.05) is 6.61 Å². The largest absolute Gasteiger partial charge is 0.463 e. The molecule has 2 nitrogen and oxygen atoms in total. The Labute approximate surface area is 166 Å². The van der Waals surface area contributed by atoms with E-state index in [1.165, 1.54) is 64.2 Å². The highest BCUT2D eigenvalue weighted by atomic mass is 16.5. The van der Waals surface area contributed by atoms with Gasteiger partial charge < -0.3 is 4.74 Å². The van der Waals surface area contributed by atoms with Crippen LogP contribution < -0.4 is 0 Å². The van der Waals surface area contributed by atoms with Crippen LogP contribution in [0.4, 0.5) is 0 Å². The van der Waals surface area contributed by atoms with Gasteiger partial charge in [0.2, 0.25) is 0 Å². The molecule has 0 aromatic heterocycles. The predicted molar refractivity (Wildman–Crippen MR) is 110 cm³/mol. The zero-order chi connectivity index (χ0) is 19.1. The second-order valence-corrected chi connectivity index (χ2v) is 10.6. The van der Waals surface area contributed by atoms with Crippen molar-refractivity contribution in [1.29, 1.82) is 0 Å². The molecule has 4 aliphatic rings. The number of fused-ring (bicyclic) bond motifs is 5. The molecule has 2 heteroatoms. The number of hydrogen-bond donors (Lipinski definition) is 0. The van der Waals surface area contributed by atoms with E-state index >= 15 is 0 Å². The fourth-order valence-electron chi connectivity index (χ4n) is 8.31. The standard InChI is InChI=1S/C25H40O2/c1-4-27-23(26)10-7-9-19-12-14-21-20-13-11-18-8-5-6-16-24(18,2)22(20)15-17-25(19,21)3/h7,10,18-22H,4-6,8-9,11-17H2,1-3H3/b10-7+/t18-,19?,20?,21?,22?,24-,25+/m0/s1. The highest BCUT2D eigenvalue weighted by Crippen LogP contribution is 2.67. The molecular formula is C25H40O2. The first-order chi connectivity index (χ1) is 13.0. The minimum atomic E-state index is -0.176. The van der Waals surface area contributed by atoms with Gasteiger partial charge in [-0.2, -0.15) is 0 Å². The number of carbonyl (C=O) groups excluding carboxylic acids is 1. The van der Waals surface area contributed by atoms with Crippen LogP contribution >= 0.6 is 0 Å². The first kappa shape index (κ1) is 19.5. The van der Waals surface area contributed by atoms with Crippen LogP contribution in [0.5, 0.6) is 0 Å². The molecule has 0 aliphatic heterocycles.